The predicted octanol–water partition coefficient (Wildman–Crippen LogP) is 9.76. The molecule has 12 nitrogen and oxygen atoms in total. The highest BCUT2D eigenvalue weighted by atomic mass is 31.2. The summed E-state index contributed by atoms with van der Waals surface area (Å²) in [6.45, 7) is 3.72. The maximum atomic E-state index is 12.8. The predicted molar refractivity (Wildman–Crippen MR) is 250 cm³/mol. The van der Waals surface area contributed by atoms with E-state index in [1.165, 1.54) is 25.7 Å². The molecule has 0 saturated heterocycles. The second-order valence-electron chi connectivity index (χ2n) is 17.5. The Balaban J connectivity index is 2.50. The number of carbonyl (C=O) groups is 3. The molecule has 1 aliphatic carbocycles. The van der Waals surface area contributed by atoms with E-state index in [2.05, 4.69) is 62.5 Å². The maximum absolute atomic E-state index is 12.8. The minimum atomic E-state index is -4.72. The van der Waals surface area contributed by atoms with Crippen molar-refractivity contribution in [3.8, 4) is 0 Å². The molecule has 1 fully saturated rings. The largest absolute Gasteiger partial charge is 0.756 e. The number of phosphoric ester groups is 1. The highest BCUT2D eigenvalue weighted by molar-refractivity contribution is 7.45. The van der Waals surface area contributed by atoms with Gasteiger partial charge in [-0.25, -0.2) is 0 Å². The number of nitrogens with zero attached hydrogens (tertiary/aromatic N) is 1. The van der Waals surface area contributed by atoms with Crippen LogP contribution in [0.1, 0.15) is 149 Å². The molecule has 1 saturated carbocycles. The summed E-state index contributed by atoms with van der Waals surface area (Å²) in [5.74, 6) is -1.71. The third-order valence-corrected chi connectivity index (χ3v) is 11.6. The Morgan fingerprint density at radius 1 is 0.762 bits per heavy atom. The van der Waals surface area contributed by atoms with E-state index in [0.29, 0.717) is 43.1 Å². The monoisotopic (exact) mass is 906 g/mol. The molecule has 1 aliphatic rings. The smallest absolute Gasteiger partial charge is 0.306 e. The number of phosphoric acid groups is 1. The number of aliphatic hydroxyl groups excluding tert-OH is 2. The van der Waals surface area contributed by atoms with Crippen LogP contribution in [0, 0.1) is 11.8 Å². The molecule has 0 aromatic carbocycles. The normalized spacial score (nSPS) is 19.4. The summed E-state index contributed by atoms with van der Waals surface area (Å²) in [4.78, 5) is 50.4. The number of quaternary nitrogens is 1. The minimum absolute atomic E-state index is 0.00799. The molecular formula is C50H84NO11P. The molecule has 63 heavy (non-hydrogen) atoms. The lowest BCUT2D eigenvalue weighted by atomic mass is 9.88. The summed E-state index contributed by atoms with van der Waals surface area (Å²) in [5, 5.41) is 20.8. The SMILES string of the molecule is CCCCC/C=C\C/C=C\C/C=C\C/C=C\C/C=C\CCC(=O)OC[C@H](COP(=O)([O-])OCC[N+](C)(C)C)OC(=O)CCCCCC[C@H]1[C@@H](O)CC(=O)[C@@H]1/C=C/[C@@H](O)CCCCC. The van der Waals surface area contributed by atoms with Gasteiger partial charge in [0.25, 0.3) is 7.82 Å². The molecule has 0 aromatic rings. The highest BCUT2D eigenvalue weighted by Crippen LogP contribution is 2.38. The lowest BCUT2D eigenvalue weighted by Gasteiger charge is -2.28. The Bertz CT molecular complexity index is 1460. The number of unbranched alkanes of at least 4 members (excludes halogenated alkanes) is 8. The van der Waals surface area contributed by atoms with Crippen LogP contribution in [0.3, 0.4) is 0 Å². The van der Waals surface area contributed by atoms with Crippen molar-refractivity contribution in [2.24, 2.45) is 11.8 Å². The fourth-order valence-corrected chi connectivity index (χ4v) is 7.56. The van der Waals surface area contributed by atoms with Gasteiger partial charge in [0, 0.05) is 25.2 Å². The van der Waals surface area contributed by atoms with Gasteiger partial charge in [-0.3, -0.25) is 18.9 Å². The zero-order valence-corrected chi connectivity index (χ0v) is 40.4. The van der Waals surface area contributed by atoms with E-state index >= 15 is 0 Å². The first-order chi connectivity index (χ1) is 30.2. The third kappa shape index (κ3) is 33.2. The Kier molecular flexibility index (Phi) is 33.4. The van der Waals surface area contributed by atoms with Gasteiger partial charge >= 0.3 is 11.9 Å². The lowest BCUT2D eigenvalue weighted by Crippen LogP contribution is -2.37. The van der Waals surface area contributed by atoms with E-state index in [4.69, 9.17) is 18.5 Å². The average molecular weight is 906 g/mol. The molecule has 360 valence electrons. The first kappa shape index (κ1) is 58.1. The molecule has 0 bridgehead atoms. The van der Waals surface area contributed by atoms with Crippen LogP contribution in [0.4, 0.5) is 0 Å². The molecule has 0 aromatic heterocycles. The first-order valence-corrected chi connectivity index (χ1v) is 25.2. The lowest BCUT2D eigenvalue weighted by molar-refractivity contribution is -0.870. The summed E-state index contributed by atoms with van der Waals surface area (Å²) < 4.78 is 33.8. The molecule has 13 heteroatoms. The molecule has 0 aliphatic heterocycles. The molecule has 2 N–H and O–H groups in total. The number of ketones is 1. The minimum Gasteiger partial charge on any atom is -0.756 e. The van der Waals surface area contributed by atoms with Crippen LogP contribution in [0.5, 0.6) is 0 Å². The summed E-state index contributed by atoms with van der Waals surface area (Å²) >= 11 is 0. The molecule has 1 unspecified atom stereocenters. The number of likely N-dealkylation sites (N-methyl/N-ethyl adjacent to an activating group) is 1. The number of allylic oxidation sites excluding steroid dienone is 11. The number of Topliss-reactive ketones (excluding diaryl/α,β-unsaturated/α-hetero) is 1. The molecule has 6 atom stereocenters. The van der Waals surface area contributed by atoms with E-state index < -0.39 is 50.6 Å². The second kappa shape index (κ2) is 36.3. The summed E-state index contributed by atoms with van der Waals surface area (Å²) in [6, 6.07) is 0. The Morgan fingerprint density at radius 2 is 1.35 bits per heavy atom. The summed E-state index contributed by atoms with van der Waals surface area (Å²) in [7, 11) is 0.972. The fourth-order valence-electron chi connectivity index (χ4n) is 6.83. The van der Waals surface area contributed by atoms with Crippen LogP contribution < -0.4 is 4.89 Å². The molecular weight excluding hydrogens is 822 g/mol. The van der Waals surface area contributed by atoms with Crippen LogP contribution >= 0.6 is 7.82 Å². The van der Waals surface area contributed by atoms with Gasteiger partial charge in [-0.2, -0.15) is 0 Å². The van der Waals surface area contributed by atoms with E-state index in [1.807, 2.05) is 33.3 Å². The van der Waals surface area contributed by atoms with Crippen molar-refractivity contribution in [3.05, 3.63) is 72.9 Å². The topological polar surface area (TPSA) is 169 Å². The van der Waals surface area contributed by atoms with Crippen molar-refractivity contribution in [1.82, 2.24) is 0 Å². The maximum Gasteiger partial charge on any atom is 0.306 e. The van der Waals surface area contributed by atoms with Crippen LogP contribution in [-0.4, -0.2) is 98.2 Å². The van der Waals surface area contributed by atoms with E-state index in [9.17, 15) is 34.1 Å². The molecule has 0 radical (unpaired) electrons. The van der Waals surface area contributed by atoms with E-state index in [-0.39, 0.29) is 44.2 Å². The van der Waals surface area contributed by atoms with Crippen molar-refractivity contribution in [3.63, 3.8) is 0 Å². The van der Waals surface area contributed by atoms with Gasteiger partial charge in [0.15, 0.2) is 6.10 Å². The summed E-state index contributed by atoms with van der Waals surface area (Å²) in [6.07, 6.45) is 38.5. The van der Waals surface area contributed by atoms with Crippen molar-refractivity contribution < 1.29 is 57.1 Å². The number of rotatable bonds is 38. The van der Waals surface area contributed by atoms with Gasteiger partial charge in [0.2, 0.25) is 0 Å². The van der Waals surface area contributed by atoms with E-state index in [0.717, 1.165) is 57.8 Å². The number of carbonyl (C=O) groups excluding carboxylic acids is 3. The molecule has 1 rings (SSSR count). The number of ether oxygens (including phenoxy) is 2. The van der Waals surface area contributed by atoms with Crippen molar-refractivity contribution in [2.75, 3.05) is 47.5 Å². The van der Waals surface area contributed by atoms with Gasteiger partial charge in [-0.15, -0.1) is 0 Å². The van der Waals surface area contributed by atoms with Gasteiger partial charge < -0.3 is 38.1 Å². The molecule has 0 heterocycles. The van der Waals surface area contributed by atoms with E-state index in [1.54, 1.807) is 12.2 Å². The highest BCUT2D eigenvalue weighted by Gasteiger charge is 2.39. The number of hydrogen-bond donors (Lipinski definition) is 2. The van der Waals surface area contributed by atoms with Crippen LogP contribution in [0.25, 0.3) is 0 Å². The standard InChI is InChI=1S/C50H84NO11P/c1-6-8-10-11-12-13-14-15-16-17-18-19-20-21-22-23-24-25-30-34-49(55)59-41-44(42-61-63(57,58)60-39-38-51(3,4)5)62-50(56)35-31-27-26-29-33-45-46(48(54)40-47(45)53)37-36-43(52)32-28-9-7-2/h12-13,15-16,18-19,21-22,24-25,36-37,43-47,52-53H,6-11,14,17,20,23,26-35,38-42H2,1-5H3/b13-12-,16-15-,19-18-,22-21-,25-24-,37-36+/t43-,44+,45+,46+,47-/m0/s1. The first-order valence-electron chi connectivity index (χ1n) is 23.7. The fraction of sp³-hybridized carbons (Fsp3) is 0.700. The average Bonchev–Trinajstić information content (AvgIpc) is 3.50. The van der Waals surface area contributed by atoms with Gasteiger partial charge in [-0.1, -0.05) is 138 Å². The van der Waals surface area contributed by atoms with Crippen molar-refractivity contribution in [2.45, 2.75) is 167 Å². The van der Waals surface area contributed by atoms with Gasteiger partial charge in [0.05, 0.1) is 40.0 Å². The van der Waals surface area contributed by atoms with Gasteiger partial charge in [0.1, 0.15) is 25.5 Å². The zero-order valence-electron chi connectivity index (χ0n) is 39.5. The Hall–Kier alpha value is -2.96. The van der Waals surface area contributed by atoms with Crippen molar-refractivity contribution in [1.29, 1.82) is 0 Å². The number of esters is 2. The quantitative estimate of drug-likeness (QED) is 0.0199. The van der Waals surface area contributed by atoms with Gasteiger partial charge in [-0.05, 0) is 70.1 Å². The number of hydrogen-bond acceptors (Lipinski definition) is 11. The van der Waals surface area contributed by atoms with Crippen LogP contribution in [0.2, 0.25) is 0 Å². The zero-order chi connectivity index (χ0) is 46.6. The molecule has 0 spiro atoms. The third-order valence-electron chi connectivity index (χ3n) is 10.6. The van der Waals surface area contributed by atoms with Crippen molar-refractivity contribution >= 4 is 25.5 Å². The Labute approximate surface area is 380 Å². The summed E-state index contributed by atoms with van der Waals surface area (Å²) in [5.41, 5.74) is 0. The van der Waals surface area contributed by atoms with Crippen LogP contribution in [0.15, 0.2) is 72.9 Å². The molecule has 0 amide bonds. The number of aliphatic hydroxyl groups is 2. The Morgan fingerprint density at radius 3 is 1.97 bits per heavy atom. The van der Waals surface area contributed by atoms with Crippen LogP contribution in [-0.2, 0) is 37.5 Å². The second-order valence-corrected chi connectivity index (χ2v) is 19.0.